The van der Waals surface area contributed by atoms with E-state index in [0.29, 0.717) is 13.2 Å². The van der Waals surface area contributed by atoms with E-state index in [1.807, 2.05) is 0 Å². The number of nitrogens with zero attached hydrogens (tertiary/aromatic N) is 1. The first-order valence-corrected chi connectivity index (χ1v) is 27.8. The molecule has 6 heteroatoms. The molecule has 1 aliphatic heterocycles. The number of ether oxygens (including phenoxy) is 2. The molecule has 0 radical (unpaired) electrons. The topological polar surface area (TPSA) is 40.2 Å². The Kier molecular flexibility index (Phi) is 30.6. The Balaban J connectivity index is 1.93. The summed E-state index contributed by atoms with van der Waals surface area (Å²) in [4.78, 5) is 2.21. The van der Waals surface area contributed by atoms with E-state index < -0.39 is 10.6 Å². The van der Waals surface area contributed by atoms with Gasteiger partial charge in [-0.1, -0.05) is 124 Å². The zero-order valence-corrected chi connectivity index (χ0v) is 43.5. The fraction of sp³-hybridized carbons (Fsp3) is 0.719. The number of allylic oxidation sites excluding steroid dienone is 8. The molecule has 1 aromatic rings. The molecule has 5 nitrogen and oxygen atoms in total. The molecular formula is C57H97NO4S. The van der Waals surface area contributed by atoms with Crippen molar-refractivity contribution in [3.63, 3.8) is 0 Å². The smallest absolute Gasteiger partial charge is 0.220 e. The summed E-state index contributed by atoms with van der Waals surface area (Å²) in [5.74, 6) is 4.64. The Morgan fingerprint density at radius 1 is 0.810 bits per heavy atom. The molecule has 0 aromatic heterocycles. The Labute approximate surface area is 392 Å². The van der Waals surface area contributed by atoms with Gasteiger partial charge in [0.15, 0.2) is 0 Å². The fourth-order valence-corrected chi connectivity index (χ4v) is 9.55. The second kappa shape index (κ2) is 34.0. The highest BCUT2D eigenvalue weighted by Gasteiger charge is 2.32. The summed E-state index contributed by atoms with van der Waals surface area (Å²) in [7, 11) is 0.336. The molecule has 1 heterocycles. The van der Waals surface area contributed by atoms with Crippen LogP contribution in [0.5, 0.6) is 11.5 Å². The minimum Gasteiger partial charge on any atom is -0.487 e. The quantitative estimate of drug-likeness (QED) is 0.0288. The van der Waals surface area contributed by atoms with Crippen molar-refractivity contribution in [1.29, 1.82) is 0 Å². The van der Waals surface area contributed by atoms with Gasteiger partial charge in [-0.3, -0.25) is 9.08 Å². The molecule has 1 aliphatic rings. The van der Waals surface area contributed by atoms with Gasteiger partial charge in [-0.2, -0.15) is 10.6 Å². The molecule has 2 rings (SSSR count). The van der Waals surface area contributed by atoms with Crippen LogP contribution in [0, 0.1) is 19.3 Å². The van der Waals surface area contributed by atoms with E-state index in [2.05, 4.69) is 121 Å². The van der Waals surface area contributed by atoms with Crippen LogP contribution in [0.15, 0.2) is 59.2 Å². The average molecular weight is 892 g/mol. The van der Waals surface area contributed by atoms with Crippen LogP contribution in [-0.4, -0.2) is 56.0 Å². The van der Waals surface area contributed by atoms with E-state index in [0.717, 1.165) is 107 Å². The minimum absolute atomic E-state index is 0.170. The predicted octanol–water partition coefficient (Wildman–Crippen LogP) is 17.1. The second-order valence-electron chi connectivity index (χ2n) is 19.6. The number of terminal acetylenes is 1. The molecule has 360 valence electrons. The highest BCUT2D eigenvalue weighted by Crippen LogP contribution is 2.46. The van der Waals surface area contributed by atoms with Crippen molar-refractivity contribution in [1.82, 2.24) is 4.90 Å². The van der Waals surface area contributed by atoms with Crippen molar-refractivity contribution in [2.45, 2.75) is 227 Å². The maximum atomic E-state index is 6.84. The summed E-state index contributed by atoms with van der Waals surface area (Å²) in [6.07, 6.45) is 52.1. The van der Waals surface area contributed by atoms with Gasteiger partial charge in [0.25, 0.3) is 0 Å². The van der Waals surface area contributed by atoms with Gasteiger partial charge in [-0.15, -0.1) is 6.42 Å². The van der Waals surface area contributed by atoms with E-state index >= 15 is 0 Å². The van der Waals surface area contributed by atoms with E-state index in [-0.39, 0.29) is 11.9 Å². The number of fused-ring (bicyclic) bond motifs is 1. The highest BCUT2D eigenvalue weighted by atomic mass is 32.3. The summed E-state index contributed by atoms with van der Waals surface area (Å²) in [6.45, 7) is 18.1. The lowest BCUT2D eigenvalue weighted by molar-refractivity contribution is -0.000825. The molecule has 0 N–H and O–H groups in total. The monoisotopic (exact) mass is 892 g/mol. The molecule has 0 aliphatic carbocycles. The molecule has 1 aromatic carbocycles. The largest absolute Gasteiger partial charge is 0.487 e. The molecule has 0 amide bonds. The van der Waals surface area contributed by atoms with Crippen LogP contribution in [0.1, 0.15) is 213 Å². The third kappa shape index (κ3) is 28.3. The third-order valence-electron chi connectivity index (χ3n) is 12.4. The number of unbranched alkanes of at least 4 members (excludes halogenated alkanes) is 14. The zero-order valence-electron chi connectivity index (χ0n) is 42.7. The van der Waals surface area contributed by atoms with Crippen LogP contribution in [0.4, 0.5) is 0 Å². The highest BCUT2D eigenvalue weighted by molar-refractivity contribution is 8.24. The first-order chi connectivity index (χ1) is 30.3. The molecule has 0 bridgehead atoms. The van der Waals surface area contributed by atoms with Gasteiger partial charge < -0.3 is 9.47 Å². The van der Waals surface area contributed by atoms with Gasteiger partial charge in [0, 0.05) is 18.9 Å². The normalized spacial score (nSPS) is 16.5. The molecule has 0 saturated heterocycles. The summed E-state index contributed by atoms with van der Waals surface area (Å²) >= 11 is 0. The molecule has 2 unspecified atom stereocenters. The standard InChI is InChI=1S/C57H97NO4S/c1-12-14-15-16-17-18-19-20-21-22-23-24-25-26-29-40-55(62-63(10,11)59-46-31-28-27-30-45-58(9)44-13-2)60-54-47-52(7)56-53(48-54)41-43-57(8,61-56)42-34-39-51(6)38-33-37-50(5)36-32-35-49(3)4/h2,20-21,35,37,39,47-48,55H,12,14-19,22-34,36,38,40-46H2,1,3-11H3/b21-20-,50-37+,51-39+. The van der Waals surface area contributed by atoms with Crippen molar-refractivity contribution < 1.29 is 17.8 Å². The second-order valence-corrected chi connectivity index (χ2v) is 22.3. The lowest BCUT2D eigenvalue weighted by atomic mass is 9.87. The summed E-state index contributed by atoms with van der Waals surface area (Å²) in [6, 6.07) is 4.37. The Hall–Kier alpha value is -2.43. The van der Waals surface area contributed by atoms with Crippen molar-refractivity contribution in [3.8, 4) is 23.8 Å². The summed E-state index contributed by atoms with van der Waals surface area (Å²) in [5.41, 5.74) is 6.60. The van der Waals surface area contributed by atoms with Gasteiger partial charge in [0.05, 0.1) is 13.2 Å². The van der Waals surface area contributed by atoms with Gasteiger partial charge in [-0.25, -0.2) is 4.18 Å². The lowest BCUT2D eigenvalue weighted by Crippen LogP contribution is -2.36. The number of hydrogen-bond acceptors (Lipinski definition) is 5. The van der Waals surface area contributed by atoms with Gasteiger partial charge >= 0.3 is 0 Å². The number of benzene rings is 1. The van der Waals surface area contributed by atoms with Crippen molar-refractivity contribution >= 4 is 10.6 Å². The number of aryl methyl sites for hydroxylation is 2. The number of rotatable bonds is 37. The van der Waals surface area contributed by atoms with Crippen LogP contribution in [-0.2, 0) is 14.8 Å². The fourth-order valence-electron chi connectivity index (χ4n) is 8.32. The maximum Gasteiger partial charge on any atom is 0.220 e. The SMILES string of the molecule is C#CCN(C)CCCCCCOS(C)(C)OC(CCCCCCC/C=C\CCCCCCCC)Oc1cc(C)c2c(c1)CCC(C)(CC/C=C(\C)CC/C=C(\C)CCC=C(C)C)O2. The van der Waals surface area contributed by atoms with Crippen molar-refractivity contribution in [2.24, 2.45) is 0 Å². The zero-order chi connectivity index (χ0) is 46.2. The third-order valence-corrected chi connectivity index (χ3v) is 13.8. The Morgan fingerprint density at radius 3 is 2.08 bits per heavy atom. The van der Waals surface area contributed by atoms with Crippen LogP contribution >= 0.6 is 10.6 Å². The van der Waals surface area contributed by atoms with Crippen LogP contribution in [0.2, 0.25) is 0 Å². The van der Waals surface area contributed by atoms with Crippen LogP contribution in [0.25, 0.3) is 0 Å². The van der Waals surface area contributed by atoms with Gasteiger partial charge in [0.1, 0.15) is 17.1 Å². The molecule has 63 heavy (non-hydrogen) atoms. The Bertz CT molecular complexity index is 1530. The molecule has 0 saturated carbocycles. The maximum absolute atomic E-state index is 6.84. The first-order valence-electron chi connectivity index (χ1n) is 25.5. The van der Waals surface area contributed by atoms with E-state index in [9.17, 15) is 0 Å². The minimum atomic E-state index is -1.76. The predicted molar refractivity (Wildman–Crippen MR) is 278 cm³/mol. The van der Waals surface area contributed by atoms with Gasteiger partial charge in [-0.05, 0) is 175 Å². The van der Waals surface area contributed by atoms with E-state index in [4.69, 9.17) is 24.3 Å². The lowest BCUT2D eigenvalue weighted by Gasteiger charge is -2.39. The summed E-state index contributed by atoms with van der Waals surface area (Å²) < 4.78 is 26.8. The average Bonchev–Trinajstić information content (AvgIpc) is 3.22. The van der Waals surface area contributed by atoms with Crippen molar-refractivity contribution in [2.75, 3.05) is 39.3 Å². The van der Waals surface area contributed by atoms with Crippen LogP contribution < -0.4 is 9.47 Å². The Morgan fingerprint density at radius 2 is 1.41 bits per heavy atom. The summed E-state index contributed by atoms with van der Waals surface area (Å²) in [5, 5.41) is 0. The van der Waals surface area contributed by atoms with E-state index in [1.165, 1.54) is 106 Å². The van der Waals surface area contributed by atoms with Crippen LogP contribution in [0.3, 0.4) is 0 Å². The molecular weight excluding hydrogens is 795 g/mol. The van der Waals surface area contributed by atoms with Gasteiger partial charge in [0.2, 0.25) is 6.29 Å². The van der Waals surface area contributed by atoms with Crippen molar-refractivity contribution in [3.05, 3.63) is 70.4 Å². The molecule has 0 spiro atoms. The van der Waals surface area contributed by atoms with E-state index in [1.54, 1.807) is 0 Å². The number of hydrogen-bond donors (Lipinski definition) is 0. The molecule has 0 fully saturated rings. The first kappa shape index (κ1) is 56.7. The molecule has 2 atom stereocenters.